The summed E-state index contributed by atoms with van der Waals surface area (Å²) in [5.41, 5.74) is 6.02. The molecule has 1 unspecified atom stereocenters. The molecular formula is C12H15Br2ClFNO4. The molecule has 0 aromatic heterocycles. The van der Waals surface area contributed by atoms with Crippen LogP contribution in [0.2, 0.25) is 0 Å². The predicted molar refractivity (Wildman–Crippen MR) is 85.8 cm³/mol. The van der Waals surface area contributed by atoms with Gasteiger partial charge >= 0.3 is 5.97 Å². The van der Waals surface area contributed by atoms with Crippen molar-refractivity contribution in [3.05, 3.63) is 20.6 Å². The molecule has 2 atom stereocenters. The van der Waals surface area contributed by atoms with Crippen molar-refractivity contribution in [2.24, 2.45) is 5.73 Å². The molecule has 5 nitrogen and oxygen atoms in total. The highest BCUT2D eigenvalue weighted by atomic mass is 79.9. The van der Waals surface area contributed by atoms with E-state index in [0.717, 1.165) is 0 Å². The highest BCUT2D eigenvalue weighted by Crippen LogP contribution is 2.43. The maximum atomic E-state index is 14.0. The van der Waals surface area contributed by atoms with Gasteiger partial charge < -0.3 is 20.3 Å². The van der Waals surface area contributed by atoms with Gasteiger partial charge in [0.2, 0.25) is 6.17 Å². The van der Waals surface area contributed by atoms with Crippen LogP contribution in [0.4, 0.5) is 4.39 Å². The Hall–Kier alpha value is -0.570. The zero-order chi connectivity index (χ0) is 15.4. The molecule has 0 saturated heterocycles. The van der Waals surface area contributed by atoms with E-state index in [1.807, 2.05) is 0 Å². The van der Waals surface area contributed by atoms with Crippen LogP contribution in [0.1, 0.15) is 18.5 Å². The number of carbonyl (C=O) groups excluding carboxylic acids is 1. The summed E-state index contributed by atoms with van der Waals surface area (Å²) in [5, 5.41) is 9.79. The fraction of sp³-hybridized carbons (Fsp3) is 0.417. The molecule has 120 valence electrons. The summed E-state index contributed by atoms with van der Waals surface area (Å²) in [6.45, 7) is 1.64. The Morgan fingerprint density at radius 1 is 1.48 bits per heavy atom. The minimum atomic E-state index is -2.02. The van der Waals surface area contributed by atoms with Crippen LogP contribution in [0.5, 0.6) is 11.5 Å². The van der Waals surface area contributed by atoms with Gasteiger partial charge in [0.05, 0.1) is 24.2 Å². The molecule has 0 aliphatic carbocycles. The van der Waals surface area contributed by atoms with Crippen LogP contribution in [0.25, 0.3) is 0 Å². The van der Waals surface area contributed by atoms with Crippen molar-refractivity contribution in [2.45, 2.75) is 19.1 Å². The third kappa shape index (κ3) is 4.45. The monoisotopic (exact) mass is 449 g/mol. The van der Waals surface area contributed by atoms with Crippen LogP contribution in [0.3, 0.4) is 0 Å². The molecule has 0 amide bonds. The van der Waals surface area contributed by atoms with E-state index in [2.05, 4.69) is 36.6 Å². The van der Waals surface area contributed by atoms with Crippen molar-refractivity contribution in [1.82, 2.24) is 0 Å². The molecule has 0 fully saturated rings. The molecule has 0 saturated carbocycles. The minimum absolute atomic E-state index is 0. The molecule has 0 bridgehead atoms. The Kier molecular flexibility index (Phi) is 8.53. The lowest BCUT2D eigenvalue weighted by molar-refractivity contribution is -0.149. The molecule has 1 aromatic carbocycles. The van der Waals surface area contributed by atoms with Crippen molar-refractivity contribution in [2.75, 3.05) is 13.7 Å². The summed E-state index contributed by atoms with van der Waals surface area (Å²) < 4.78 is 24.1. The first-order chi connectivity index (χ1) is 9.34. The van der Waals surface area contributed by atoms with Gasteiger partial charge in [0.15, 0.2) is 11.5 Å². The van der Waals surface area contributed by atoms with Crippen LogP contribution in [0, 0.1) is 0 Å². The topological polar surface area (TPSA) is 81.8 Å². The summed E-state index contributed by atoms with van der Waals surface area (Å²) >= 11 is 6.33. The molecule has 0 aliphatic heterocycles. The largest absolute Gasteiger partial charge is 0.503 e. The summed E-state index contributed by atoms with van der Waals surface area (Å²) in [7, 11) is 1.35. The van der Waals surface area contributed by atoms with Crippen LogP contribution in [-0.2, 0) is 9.53 Å². The molecular weight excluding hydrogens is 436 g/mol. The third-order valence-electron chi connectivity index (χ3n) is 2.58. The standard InChI is InChI=1S/C12H14Br2FNO4.ClH/c1-3-20-12(18)9(15)10(16)5-4-6(19-2)11(17)8(14)7(5)13;/h4,9-10,17H,3,16H2,1-2H3;1H/t9?,10-;/m1./s1. The fourth-order valence-corrected chi connectivity index (χ4v) is 2.53. The van der Waals surface area contributed by atoms with Crippen molar-refractivity contribution in [3.8, 4) is 11.5 Å². The second-order valence-electron chi connectivity index (χ2n) is 3.82. The molecule has 0 aliphatic rings. The van der Waals surface area contributed by atoms with Crippen molar-refractivity contribution in [3.63, 3.8) is 0 Å². The number of rotatable bonds is 5. The number of aromatic hydroxyl groups is 1. The smallest absolute Gasteiger partial charge is 0.342 e. The Balaban J connectivity index is 0.00000400. The Bertz CT molecular complexity index is 519. The molecule has 0 heterocycles. The lowest BCUT2D eigenvalue weighted by Gasteiger charge is -2.19. The van der Waals surface area contributed by atoms with Crippen molar-refractivity contribution < 1.29 is 23.8 Å². The quantitative estimate of drug-likeness (QED) is 0.672. The van der Waals surface area contributed by atoms with E-state index in [1.54, 1.807) is 6.92 Å². The fourth-order valence-electron chi connectivity index (χ4n) is 1.54. The van der Waals surface area contributed by atoms with Gasteiger partial charge in [-0.1, -0.05) is 0 Å². The first kappa shape index (κ1) is 20.4. The van der Waals surface area contributed by atoms with E-state index >= 15 is 0 Å². The summed E-state index contributed by atoms with van der Waals surface area (Å²) in [6.07, 6.45) is -2.02. The van der Waals surface area contributed by atoms with Gasteiger partial charge in [-0.25, -0.2) is 9.18 Å². The van der Waals surface area contributed by atoms with Crippen LogP contribution < -0.4 is 10.5 Å². The number of carbonyl (C=O) groups is 1. The lowest BCUT2D eigenvalue weighted by atomic mass is 10.0. The minimum Gasteiger partial charge on any atom is -0.503 e. The molecule has 9 heteroatoms. The van der Waals surface area contributed by atoms with Gasteiger partial charge in [-0.05, 0) is 50.4 Å². The predicted octanol–water partition coefficient (Wildman–Crippen LogP) is 3.25. The highest BCUT2D eigenvalue weighted by Gasteiger charge is 2.31. The second-order valence-corrected chi connectivity index (χ2v) is 5.41. The molecule has 1 rings (SSSR count). The molecule has 0 spiro atoms. The summed E-state index contributed by atoms with van der Waals surface area (Å²) in [4.78, 5) is 11.4. The van der Waals surface area contributed by atoms with E-state index < -0.39 is 18.2 Å². The van der Waals surface area contributed by atoms with Crippen molar-refractivity contribution in [1.29, 1.82) is 0 Å². The van der Waals surface area contributed by atoms with E-state index in [9.17, 15) is 14.3 Å². The average Bonchev–Trinajstić information content (AvgIpc) is 2.44. The number of ether oxygens (including phenoxy) is 2. The number of phenolic OH excluding ortho intramolecular Hbond substituents is 1. The molecule has 21 heavy (non-hydrogen) atoms. The number of phenols is 1. The molecule has 0 radical (unpaired) electrons. The number of alkyl halides is 1. The van der Waals surface area contributed by atoms with Gasteiger partial charge in [-0.3, -0.25) is 0 Å². The number of hydrogen-bond donors (Lipinski definition) is 2. The van der Waals surface area contributed by atoms with Gasteiger partial charge in [0.1, 0.15) is 0 Å². The van der Waals surface area contributed by atoms with Crippen LogP contribution in [0.15, 0.2) is 15.0 Å². The number of hydrogen-bond acceptors (Lipinski definition) is 5. The SMILES string of the molecule is CCOC(=O)C(F)[C@H](N)c1cc(OC)c(O)c(Br)c1Br.Cl. The Morgan fingerprint density at radius 3 is 2.52 bits per heavy atom. The number of methoxy groups -OCH3 is 1. The van der Waals surface area contributed by atoms with E-state index in [1.165, 1.54) is 13.2 Å². The van der Waals surface area contributed by atoms with E-state index in [4.69, 9.17) is 10.5 Å². The van der Waals surface area contributed by atoms with Gasteiger partial charge in [-0.2, -0.15) is 0 Å². The van der Waals surface area contributed by atoms with Crippen molar-refractivity contribution >= 4 is 50.2 Å². The summed E-state index contributed by atoms with van der Waals surface area (Å²) in [6, 6.07) is 0.106. The first-order valence-corrected chi connectivity index (χ1v) is 7.24. The maximum absolute atomic E-state index is 14.0. The zero-order valence-electron chi connectivity index (χ0n) is 11.2. The Morgan fingerprint density at radius 2 is 2.05 bits per heavy atom. The van der Waals surface area contributed by atoms with Gasteiger partial charge in [-0.15, -0.1) is 12.4 Å². The Labute approximate surface area is 144 Å². The maximum Gasteiger partial charge on any atom is 0.342 e. The number of benzene rings is 1. The first-order valence-electron chi connectivity index (χ1n) is 5.66. The van der Waals surface area contributed by atoms with Gasteiger partial charge in [0, 0.05) is 4.47 Å². The average molecular weight is 452 g/mol. The highest BCUT2D eigenvalue weighted by molar-refractivity contribution is 9.13. The van der Waals surface area contributed by atoms with E-state index in [-0.39, 0.29) is 40.5 Å². The molecule has 1 aromatic rings. The number of halogens is 4. The number of nitrogens with two attached hydrogens (primary N) is 1. The summed E-state index contributed by atoms with van der Waals surface area (Å²) in [5.74, 6) is -1.07. The van der Waals surface area contributed by atoms with E-state index in [0.29, 0.717) is 4.47 Å². The van der Waals surface area contributed by atoms with Crippen LogP contribution in [-0.4, -0.2) is 31.0 Å². The lowest BCUT2D eigenvalue weighted by Crippen LogP contribution is -2.31. The normalized spacial score (nSPS) is 13.0. The third-order valence-corrected chi connectivity index (χ3v) is 4.74. The second kappa shape index (κ2) is 8.77. The molecule has 3 N–H and O–H groups in total. The zero-order valence-corrected chi connectivity index (χ0v) is 15.2. The van der Waals surface area contributed by atoms with Gasteiger partial charge in [0.25, 0.3) is 0 Å². The van der Waals surface area contributed by atoms with Crippen LogP contribution >= 0.6 is 44.3 Å². The number of esters is 1.